The number of benzene rings is 1. The van der Waals surface area contributed by atoms with E-state index in [-0.39, 0.29) is 12.3 Å². The van der Waals surface area contributed by atoms with Crippen molar-refractivity contribution < 1.29 is 4.79 Å². The Bertz CT molecular complexity index is 1430. The highest BCUT2D eigenvalue weighted by molar-refractivity contribution is 7.15. The molecule has 0 fully saturated rings. The van der Waals surface area contributed by atoms with Gasteiger partial charge >= 0.3 is 0 Å². The van der Waals surface area contributed by atoms with E-state index < -0.39 is 6.04 Å². The topological polar surface area (TPSA) is 90.0 Å². The summed E-state index contributed by atoms with van der Waals surface area (Å²) >= 11 is 7.86. The van der Waals surface area contributed by atoms with Crippen molar-refractivity contribution >= 4 is 34.6 Å². The lowest BCUT2D eigenvalue weighted by Crippen LogP contribution is -2.27. The van der Waals surface area contributed by atoms with Crippen molar-refractivity contribution in [3.8, 4) is 5.00 Å². The number of hydrogen-bond acceptors (Lipinski definition) is 6. The fraction of sp³-hybridized carbons (Fsp3) is 0.320. The maximum absolute atomic E-state index is 13.0. The van der Waals surface area contributed by atoms with Gasteiger partial charge in [0.05, 0.1) is 24.2 Å². The first-order valence-electron chi connectivity index (χ1n) is 11.4. The van der Waals surface area contributed by atoms with Crippen molar-refractivity contribution in [1.29, 1.82) is 0 Å². The van der Waals surface area contributed by atoms with E-state index >= 15 is 0 Å². The van der Waals surface area contributed by atoms with Crippen LogP contribution in [0.2, 0.25) is 5.02 Å². The molecule has 1 amide bonds. The van der Waals surface area contributed by atoms with Crippen LogP contribution in [0.15, 0.2) is 41.8 Å². The minimum absolute atomic E-state index is 0.0875. The molecule has 1 aliphatic heterocycles. The van der Waals surface area contributed by atoms with E-state index in [0.717, 1.165) is 33.4 Å². The Morgan fingerprint density at radius 3 is 2.66 bits per heavy atom. The molecular formula is C25H26ClN7OS. The lowest BCUT2D eigenvalue weighted by molar-refractivity contribution is -0.121. The summed E-state index contributed by atoms with van der Waals surface area (Å²) < 4.78 is 3.95. The van der Waals surface area contributed by atoms with E-state index in [0.29, 0.717) is 23.8 Å². The first-order chi connectivity index (χ1) is 16.8. The Hall–Kier alpha value is -3.30. The number of hydrogen-bond donors (Lipinski definition) is 1. The van der Waals surface area contributed by atoms with Crippen molar-refractivity contribution in [2.75, 3.05) is 6.54 Å². The number of fused-ring (bicyclic) bond motifs is 3. The van der Waals surface area contributed by atoms with Gasteiger partial charge < -0.3 is 9.88 Å². The number of aliphatic imine (C=N–C) groups is 1. The normalized spacial score (nSPS) is 14.8. The van der Waals surface area contributed by atoms with E-state index in [2.05, 4.69) is 38.9 Å². The maximum atomic E-state index is 13.0. The molecule has 0 bridgehead atoms. The number of nitrogens with one attached hydrogen (secondary N) is 1. The van der Waals surface area contributed by atoms with Crippen LogP contribution in [0.3, 0.4) is 0 Å². The van der Waals surface area contributed by atoms with E-state index in [1.807, 2.05) is 49.0 Å². The van der Waals surface area contributed by atoms with Crippen LogP contribution >= 0.6 is 22.9 Å². The third-order valence-electron chi connectivity index (χ3n) is 6.20. The Kier molecular flexibility index (Phi) is 6.29. The molecule has 1 N–H and O–H groups in total. The number of carbonyl (C=O) groups is 1. The van der Waals surface area contributed by atoms with Gasteiger partial charge in [-0.2, -0.15) is 0 Å². The second-order valence-corrected chi connectivity index (χ2v) is 10.4. The Balaban J connectivity index is 1.50. The maximum Gasteiger partial charge on any atom is 0.222 e. The lowest BCUT2D eigenvalue weighted by atomic mass is 9.99. The third-order valence-corrected chi connectivity index (χ3v) is 7.64. The van der Waals surface area contributed by atoms with Crippen molar-refractivity contribution in [2.45, 2.75) is 39.7 Å². The van der Waals surface area contributed by atoms with Crippen molar-refractivity contribution in [1.82, 2.24) is 29.6 Å². The van der Waals surface area contributed by atoms with E-state index in [9.17, 15) is 4.79 Å². The van der Waals surface area contributed by atoms with E-state index in [4.69, 9.17) is 16.6 Å². The summed E-state index contributed by atoms with van der Waals surface area (Å²) in [7, 11) is 1.93. The molecular weight excluding hydrogens is 482 g/mol. The molecule has 0 radical (unpaired) electrons. The molecule has 4 heterocycles. The molecule has 1 atom stereocenters. The Labute approximate surface area is 212 Å². The van der Waals surface area contributed by atoms with Crippen LogP contribution in [0.4, 0.5) is 0 Å². The van der Waals surface area contributed by atoms with Crippen LogP contribution < -0.4 is 5.32 Å². The molecule has 1 aliphatic rings. The van der Waals surface area contributed by atoms with Gasteiger partial charge in [0.25, 0.3) is 0 Å². The largest absolute Gasteiger partial charge is 0.356 e. The number of halogens is 1. The minimum Gasteiger partial charge on any atom is -0.356 e. The molecule has 1 aromatic carbocycles. The minimum atomic E-state index is -0.476. The van der Waals surface area contributed by atoms with Gasteiger partial charge in [-0.3, -0.25) is 14.4 Å². The number of amides is 1. The number of nitrogens with zero attached hydrogens (tertiary/aromatic N) is 6. The monoisotopic (exact) mass is 507 g/mol. The van der Waals surface area contributed by atoms with Gasteiger partial charge in [-0.25, -0.2) is 4.98 Å². The number of aryl methyl sites for hydroxylation is 3. The van der Waals surface area contributed by atoms with Crippen molar-refractivity contribution in [3.63, 3.8) is 0 Å². The molecule has 0 saturated heterocycles. The highest BCUT2D eigenvalue weighted by Crippen LogP contribution is 2.39. The average Bonchev–Trinajstić information content (AvgIpc) is 3.47. The first-order valence-corrected chi connectivity index (χ1v) is 12.6. The van der Waals surface area contributed by atoms with Crippen LogP contribution in [0, 0.1) is 20.8 Å². The molecule has 8 nitrogen and oxygen atoms in total. The zero-order valence-electron chi connectivity index (χ0n) is 20.0. The molecule has 35 heavy (non-hydrogen) atoms. The second kappa shape index (κ2) is 9.39. The summed E-state index contributed by atoms with van der Waals surface area (Å²) in [5.74, 6) is 1.36. The van der Waals surface area contributed by atoms with Crippen LogP contribution in [-0.4, -0.2) is 42.5 Å². The molecule has 0 aliphatic carbocycles. The second-order valence-electron chi connectivity index (χ2n) is 8.74. The number of rotatable bonds is 6. The molecule has 180 valence electrons. The van der Waals surface area contributed by atoms with Gasteiger partial charge in [0.1, 0.15) is 16.9 Å². The first kappa shape index (κ1) is 23.4. The summed E-state index contributed by atoms with van der Waals surface area (Å²) in [6, 6.07) is 7.20. The van der Waals surface area contributed by atoms with Crippen LogP contribution in [-0.2, 0) is 18.3 Å². The number of thiophene rings is 1. The highest BCUT2D eigenvalue weighted by Gasteiger charge is 2.32. The summed E-state index contributed by atoms with van der Waals surface area (Å²) in [6.45, 7) is 6.66. The predicted octanol–water partition coefficient (Wildman–Crippen LogP) is 4.28. The summed E-state index contributed by atoms with van der Waals surface area (Å²) in [5.41, 5.74) is 4.95. The standard InChI is InChI=1S/C25H26ClN7OS/c1-14-15(2)35-25-22(14)23(17-5-7-18(26)8-6-17)29-20(24-31-30-16(3)33(24)25)11-21(34)27-10-9-19-12-32(4)13-28-19/h5-8,12-13,20H,9-11H2,1-4H3,(H,27,34). The average molecular weight is 508 g/mol. The van der Waals surface area contributed by atoms with Gasteiger partial charge in [0, 0.05) is 47.2 Å². The van der Waals surface area contributed by atoms with Crippen molar-refractivity contribution in [3.05, 3.63) is 80.7 Å². The van der Waals surface area contributed by atoms with Crippen molar-refractivity contribution in [2.24, 2.45) is 12.0 Å². The van der Waals surface area contributed by atoms with Gasteiger partial charge in [-0.05, 0) is 38.5 Å². The Morgan fingerprint density at radius 2 is 1.94 bits per heavy atom. The lowest BCUT2D eigenvalue weighted by Gasteiger charge is -2.13. The molecule has 0 saturated carbocycles. The molecule has 10 heteroatoms. The zero-order valence-corrected chi connectivity index (χ0v) is 21.6. The third kappa shape index (κ3) is 4.53. The van der Waals surface area contributed by atoms with Crippen LogP contribution in [0.25, 0.3) is 5.00 Å². The highest BCUT2D eigenvalue weighted by atomic mass is 35.5. The quantitative estimate of drug-likeness (QED) is 0.421. The molecule has 1 unspecified atom stereocenters. The van der Waals surface area contributed by atoms with Gasteiger partial charge in [-0.15, -0.1) is 21.5 Å². The predicted molar refractivity (Wildman–Crippen MR) is 138 cm³/mol. The molecule has 3 aromatic heterocycles. The smallest absolute Gasteiger partial charge is 0.222 e. The van der Waals surface area contributed by atoms with Gasteiger partial charge in [-0.1, -0.05) is 23.7 Å². The SMILES string of the molecule is Cc1sc2c(c1C)C(c1ccc(Cl)cc1)=NC(CC(=O)NCCc1cn(C)cn1)c1nnc(C)n1-2. The Morgan fingerprint density at radius 1 is 1.17 bits per heavy atom. The number of carbonyl (C=O) groups excluding carboxylic acids is 1. The van der Waals surface area contributed by atoms with E-state index in [1.165, 1.54) is 10.4 Å². The molecule has 5 rings (SSSR count). The van der Waals surface area contributed by atoms with Crippen LogP contribution in [0.5, 0.6) is 0 Å². The molecule has 0 spiro atoms. The molecule has 4 aromatic rings. The van der Waals surface area contributed by atoms with Gasteiger partial charge in [0.2, 0.25) is 5.91 Å². The number of imidazole rings is 1. The van der Waals surface area contributed by atoms with E-state index in [1.54, 1.807) is 17.7 Å². The fourth-order valence-electron chi connectivity index (χ4n) is 4.31. The summed E-state index contributed by atoms with van der Waals surface area (Å²) in [6.07, 6.45) is 4.55. The van der Waals surface area contributed by atoms with Crippen LogP contribution in [0.1, 0.15) is 51.4 Å². The fourth-order valence-corrected chi connectivity index (χ4v) is 5.65. The number of aromatic nitrogens is 5. The zero-order chi connectivity index (χ0) is 24.7. The summed E-state index contributed by atoms with van der Waals surface area (Å²) in [5, 5.41) is 13.5. The summed E-state index contributed by atoms with van der Waals surface area (Å²) in [4.78, 5) is 23.6. The van der Waals surface area contributed by atoms with Gasteiger partial charge in [0.15, 0.2) is 5.82 Å².